The van der Waals surface area contributed by atoms with Crippen LogP contribution in [0.5, 0.6) is 0 Å². The predicted molar refractivity (Wildman–Crippen MR) is 68.9 cm³/mol. The van der Waals surface area contributed by atoms with Crippen LogP contribution in [0.25, 0.3) is 22.2 Å². The highest BCUT2D eigenvalue weighted by molar-refractivity contribution is 5.93. The SMILES string of the molecule is O=[N+]([O-])c1cc(-c2cccc(C(F)(F)F)c2)c2nonc2c1. The molecule has 0 radical (unpaired) electrons. The summed E-state index contributed by atoms with van der Waals surface area (Å²) in [7, 11) is 0. The maximum absolute atomic E-state index is 12.8. The van der Waals surface area contributed by atoms with E-state index in [1.54, 1.807) is 0 Å². The number of nitrogens with zero attached hydrogens (tertiary/aromatic N) is 3. The number of halogens is 3. The number of non-ortho nitro benzene ring substituents is 1. The lowest BCUT2D eigenvalue weighted by Gasteiger charge is -2.08. The summed E-state index contributed by atoms with van der Waals surface area (Å²) in [6.07, 6.45) is -4.52. The van der Waals surface area contributed by atoms with E-state index in [-0.39, 0.29) is 27.8 Å². The number of alkyl halides is 3. The summed E-state index contributed by atoms with van der Waals surface area (Å²) in [6.45, 7) is 0. The van der Waals surface area contributed by atoms with Gasteiger partial charge in [-0.25, -0.2) is 4.63 Å². The van der Waals surface area contributed by atoms with Gasteiger partial charge in [0, 0.05) is 17.7 Å². The summed E-state index contributed by atoms with van der Waals surface area (Å²) >= 11 is 0. The summed E-state index contributed by atoms with van der Waals surface area (Å²) in [6, 6.07) is 6.72. The van der Waals surface area contributed by atoms with E-state index in [1.807, 2.05) is 0 Å². The fourth-order valence-electron chi connectivity index (χ4n) is 2.06. The van der Waals surface area contributed by atoms with E-state index in [2.05, 4.69) is 14.9 Å². The van der Waals surface area contributed by atoms with E-state index in [0.29, 0.717) is 0 Å². The van der Waals surface area contributed by atoms with Crippen molar-refractivity contribution in [2.75, 3.05) is 0 Å². The van der Waals surface area contributed by atoms with E-state index in [9.17, 15) is 23.3 Å². The molecule has 1 aromatic heterocycles. The van der Waals surface area contributed by atoms with Crippen molar-refractivity contribution in [2.45, 2.75) is 6.18 Å². The number of aromatic nitrogens is 2. The molecule has 0 fully saturated rings. The van der Waals surface area contributed by atoms with Crippen molar-refractivity contribution in [1.29, 1.82) is 0 Å². The highest BCUT2D eigenvalue weighted by Crippen LogP contribution is 2.35. The highest BCUT2D eigenvalue weighted by atomic mass is 19.4. The number of hydrogen-bond acceptors (Lipinski definition) is 5. The molecule has 0 amide bonds. The fraction of sp³-hybridized carbons (Fsp3) is 0.0769. The second kappa shape index (κ2) is 4.79. The Hall–Kier alpha value is -2.97. The van der Waals surface area contributed by atoms with E-state index < -0.39 is 16.7 Å². The normalized spacial score (nSPS) is 11.8. The van der Waals surface area contributed by atoms with Crippen LogP contribution >= 0.6 is 0 Å². The molecule has 2 aromatic carbocycles. The van der Waals surface area contributed by atoms with Crippen LogP contribution in [0.3, 0.4) is 0 Å². The number of fused-ring (bicyclic) bond motifs is 1. The molecule has 3 aromatic rings. The molecule has 0 N–H and O–H groups in total. The van der Waals surface area contributed by atoms with Crippen molar-refractivity contribution in [3.63, 3.8) is 0 Å². The van der Waals surface area contributed by atoms with Crippen LogP contribution in [0.2, 0.25) is 0 Å². The third kappa shape index (κ3) is 2.36. The molecule has 0 bridgehead atoms. The quantitative estimate of drug-likeness (QED) is 0.531. The Morgan fingerprint density at radius 1 is 1.14 bits per heavy atom. The van der Waals surface area contributed by atoms with E-state index in [4.69, 9.17) is 0 Å². The third-order valence-electron chi connectivity index (χ3n) is 3.06. The van der Waals surface area contributed by atoms with Gasteiger partial charge in [0.2, 0.25) is 0 Å². The first-order valence-electron chi connectivity index (χ1n) is 5.94. The summed E-state index contributed by atoms with van der Waals surface area (Å²) < 4.78 is 42.9. The van der Waals surface area contributed by atoms with Crippen molar-refractivity contribution in [3.05, 3.63) is 52.1 Å². The Bertz CT molecular complexity index is 874. The largest absolute Gasteiger partial charge is 0.416 e. The molecular weight excluding hydrogens is 303 g/mol. The summed E-state index contributed by atoms with van der Waals surface area (Å²) in [4.78, 5) is 10.3. The van der Waals surface area contributed by atoms with Crippen LogP contribution in [-0.4, -0.2) is 15.2 Å². The molecule has 0 atom stereocenters. The Kier molecular flexibility index (Phi) is 3.05. The minimum Gasteiger partial charge on any atom is -0.258 e. The van der Waals surface area contributed by atoms with E-state index in [1.165, 1.54) is 12.1 Å². The Morgan fingerprint density at radius 2 is 1.91 bits per heavy atom. The van der Waals surface area contributed by atoms with Crippen LogP contribution in [0.1, 0.15) is 5.56 Å². The lowest BCUT2D eigenvalue weighted by molar-refractivity contribution is -0.384. The van der Waals surface area contributed by atoms with Gasteiger partial charge in [-0.15, -0.1) is 0 Å². The minimum absolute atomic E-state index is 0.0987. The molecule has 3 rings (SSSR count). The van der Waals surface area contributed by atoms with Crippen molar-refractivity contribution in [1.82, 2.24) is 10.3 Å². The zero-order chi connectivity index (χ0) is 15.9. The first kappa shape index (κ1) is 14.0. The summed E-state index contributed by atoms with van der Waals surface area (Å²) in [5.74, 6) is 0. The predicted octanol–water partition coefficient (Wildman–Crippen LogP) is 3.82. The van der Waals surface area contributed by atoms with Crippen LogP contribution in [0.15, 0.2) is 41.0 Å². The topological polar surface area (TPSA) is 82.1 Å². The van der Waals surface area contributed by atoms with Gasteiger partial charge < -0.3 is 0 Å². The maximum atomic E-state index is 12.8. The number of nitro benzene ring substituents is 1. The molecule has 22 heavy (non-hydrogen) atoms. The molecule has 0 aliphatic heterocycles. The molecule has 0 aliphatic carbocycles. The van der Waals surface area contributed by atoms with Gasteiger partial charge in [-0.05, 0) is 28.0 Å². The van der Waals surface area contributed by atoms with Crippen molar-refractivity contribution < 1.29 is 22.7 Å². The molecule has 0 aliphatic rings. The number of benzene rings is 2. The molecule has 0 spiro atoms. The van der Waals surface area contributed by atoms with Crippen LogP contribution in [0, 0.1) is 10.1 Å². The molecule has 0 saturated heterocycles. The van der Waals surface area contributed by atoms with Crippen LogP contribution < -0.4 is 0 Å². The van der Waals surface area contributed by atoms with Gasteiger partial charge >= 0.3 is 6.18 Å². The third-order valence-corrected chi connectivity index (χ3v) is 3.06. The van der Waals surface area contributed by atoms with Crippen molar-refractivity contribution in [3.8, 4) is 11.1 Å². The Balaban J connectivity index is 2.25. The van der Waals surface area contributed by atoms with E-state index >= 15 is 0 Å². The maximum Gasteiger partial charge on any atom is 0.416 e. The standard InChI is InChI=1S/C13H6F3N3O3/c14-13(15,16)8-3-1-2-7(4-8)10-5-9(19(20)21)6-11-12(10)18-22-17-11/h1-6H. The van der Waals surface area contributed by atoms with E-state index in [0.717, 1.165) is 24.3 Å². The molecule has 9 heteroatoms. The molecule has 112 valence electrons. The van der Waals surface area contributed by atoms with Gasteiger partial charge in [0.05, 0.1) is 10.5 Å². The first-order chi connectivity index (χ1) is 10.4. The summed E-state index contributed by atoms with van der Waals surface area (Å²) in [5.41, 5.74) is -0.626. The molecule has 1 heterocycles. The fourth-order valence-corrected chi connectivity index (χ4v) is 2.06. The molecule has 0 unspecified atom stereocenters. The Morgan fingerprint density at radius 3 is 2.59 bits per heavy atom. The summed E-state index contributed by atoms with van der Waals surface area (Å²) in [5, 5.41) is 18.0. The van der Waals surface area contributed by atoms with Gasteiger partial charge in [0.25, 0.3) is 5.69 Å². The molecular formula is C13H6F3N3O3. The zero-order valence-corrected chi connectivity index (χ0v) is 10.7. The Labute approximate surface area is 120 Å². The number of rotatable bonds is 2. The average Bonchev–Trinajstić information content (AvgIpc) is 2.93. The first-order valence-corrected chi connectivity index (χ1v) is 5.94. The lowest BCUT2D eigenvalue weighted by atomic mass is 10.0. The van der Waals surface area contributed by atoms with Crippen molar-refractivity contribution in [2.24, 2.45) is 0 Å². The van der Waals surface area contributed by atoms with Gasteiger partial charge in [-0.2, -0.15) is 13.2 Å². The average molecular weight is 309 g/mol. The smallest absolute Gasteiger partial charge is 0.258 e. The zero-order valence-electron chi connectivity index (χ0n) is 10.7. The molecule has 0 saturated carbocycles. The molecule has 6 nitrogen and oxygen atoms in total. The second-order valence-corrected chi connectivity index (χ2v) is 4.46. The van der Waals surface area contributed by atoms with Crippen LogP contribution in [-0.2, 0) is 6.18 Å². The van der Waals surface area contributed by atoms with Crippen molar-refractivity contribution >= 4 is 16.7 Å². The van der Waals surface area contributed by atoms with Gasteiger partial charge in [0.1, 0.15) is 11.0 Å². The monoisotopic (exact) mass is 309 g/mol. The number of hydrogen-bond donors (Lipinski definition) is 0. The highest BCUT2D eigenvalue weighted by Gasteiger charge is 2.30. The second-order valence-electron chi connectivity index (χ2n) is 4.46. The minimum atomic E-state index is -4.52. The van der Waals surface area contributed by atoms with Crippen LogP contribution in [0.4, 0.5) is 18.9 Å². The number of nitro groups is 1. The van der Waals surface area contributed by atoms with Gasteiger partial charge in [-0.1, -0.05) is 12.1 Å². The van der Waals surface area contributed by atoms with Gasteiger partial charge in [-0.3, -0.25) is 10.1 Å². The lowest BCUT2D eigenvalue weighted by Crippen LogP contribution is -2.04. The van der Waals surface area contributed by atoms with Gasteiger partial charge in [0.15, 0.2) is 0 Å².